The summed E-state index contributed by atoms with van der Waals surface area (Å²) in [6.07, 6.45) is 1.41. The summed E-state index contributed by atoms with van der Waals surface area (Å²) in [5.74, 6) is -0.365. The zero-order valence-corrected chi connectivity index (χ0v) is 13.9. The maximum absolute atomic E-state index is 11.6. The van der Waals surface area contributed by atoms with Crippen molar-refractivity contribution in [2.45, 2.75) is 6.42 Å². The fraction of sp³-hybridized carbons (Fsp3) is 0.0476. The molecule has 0 unspecified atom stereocenters. The van der Waals surface area contributed by atoms with Crippen LogP contribution in [-0.4, -0.2) is 20.9 Å². The molecular formula is C21H16N2O3. The SMILES string of the molecule is O=C(O)Cc1c(-c2ccco2)nn(-c2ccccc2)c1-c1ccccc1. The highest BCUT2D eigenvalue weighted by atomic mass is 16.4. The molecule has 0 aliphatic heterocycles. The van der Waals surface area contributed by atoms with Gasteiger partial charge in [-0.2, -0.15) is 5.10 Å². The van der Waals surface area contributed by atoms with Crippen LogP contribution >= 0.6 is 0 Å². The van der Waals surface area contributed by atoms with E-state index in [4.69, 9.17) is 9.52 Å². The molecule has 1 N–H and O–H groups in total. The number of hydrogen-bond acceptors (Lipinski definition) is 3. The molecule has 128 valence electrons. The Hall–Kier alpha value is -3.60. The number of carboxylic acid groups (broad SMARTS) is 1. The molecule has 0 bridgehead atoms. The summed E-state index contributed by atoms with van der Waals surface area (Å²) in [6.45, 7) is 0. The Morgan fingerprint density at radius 3 is 2.27 bits per heavy atom. The first-order valence-corrected chi connectivity index (χ1v) is 8.22. The van der Waals surface area contributed by atoms with Gasteiger partial charge in [-0.25, -0.2) is 4.68 Å². The third kappa shape index (κ3) is 2.91. The first kappa shape index (κ1) is 15.9. The van der Waals surface area contributed by atoms with E-state index in [1.807, 2.05) is 60.7 Å². The van der Waals surface area contributed by atoms with Crippen LogP contribution in [0.15, 0.2) is 83.5 Å². The average molecular weight is 344 g/mol. The van der Waals surface area contributed by atoms with Gasteiger partial charge in [-0.1, -0.05) is 48.5 Å². The summed E-state index contributed by atoms with van der Waals surface area (Å²) in [4.78, 5) is 11.6. The predicted octanol–water partition coefficient (Wildman–Crippen LogP) is 4.43. The van der Waals surface area contributed by atoms with Gasteiger partial charge in [0.25, 0.3) is 0 Å². The Morgan fingerprint density at radius 1 is 0.962 bits per heavy atom. The van der Waals surface area contributed by atoms with E-state index in [9.17, 15) is 9.90 Å². The van der Waals surface area contributed by atoms with Crippen LogP contribution < -0.4 is 0 Å². The number of aliphatic carboxylic acids is 1. The van der Waals surface area contributed by atoms with Crippen LogP contribution in [0.1, 0.15) is 5.56 Å². The van der Waals surface area contributed by atoms with Gasteiger partial charge in [-0.05, 0) is 24.3 Å². The van der Waals surface area contributed by atoms with Gasteiger partial charge in [0, 0.05) is 11.1 Å². The fourth-order valence-corrected chi connectivity index (χ4v) is 3.03. The summed E-state index contributed by atoms with van der Waals surface area (Å²) in [5, 5.41) is 14.2. The molecule has 5 nitrogen and oxygen atoms in total. The van der Waals surface area contributed by atoms with Crippen LogP contribution in [-0.2, 0) is 11.2 Å². The molecule has 0 radical (unpaired) electrons. The minimum Gasteiger partial charge on any atom is -0.481 e. The Bertz CT molecular complexity index is 1020. The zero-order chi connectivity index (χ0) is 17.9. The van der Waals surface area contributed by atoms with Crippen LogP contribution in [0.5, 0.6) is 0 Å². The molecule has 0 amide bonds. The molecule has 4 aromatic rings. The topological polar surface area (TPSA) is 68.3 Å². The third-order valence-corrected chi connectivity index (χ3v) is 4.11. The summed E-state index contributed by atoms with van der Waals surface area (Å²) >= 11 is 0. The van der Waals surface area contributed by atoms with Crippen molar-refractivity contribution in [3.05, 3.63) is 84.6 Å². The number of rotatable bonds is 5. The van der Waals surface area contributed by atoms with E-state index in [1.54, 1.807) is 23.1 Å². The second-order valence-corrected chi connectivity index (χ2v) is 5.84. The number of para-hydroxylation sites is 1. The molecule has 0 saturated carbocycles. The summed E-state index contributed by atoms with van der Waals surface area (Å²) in [5.41, 5.74) is 3.68. The Morgan fingerprint density at radius 2 is 1.65 bits per heavy atom. The third-order valence-electron chi connectivity index (χ3n) is 4.11. The van der Waals surface area contributed by atoms with Gasteiger partial charge >= 0.3 is 5.97 Å². The lowest BCUT2D eigenvalue weighted by atomic mass is 10.0. The quantitative estimate of drug-likeness (QED) is 0.582. The molecule has 26 heavy (non-hydrogen) atoms. The molecule has 2 heterocycles. The number of carbonyl (C=O) groups is 1. The summed E-state index contributed by atoms with van der Waals surface area (Å²) in [7, 11) is 0. The van der Waals surface area contributed by atoms with Gasteiger partial charge < -0.3 is 9.52 Å². The molecule has 0 aliphatic rings. The monoisotopic (exact) mass is 344 g/mol. The van der Waals surface area contributed by atoms with Crippen molar-refractivity contribution in [2.75, 3.05) is 0 Å². The number of aromatic nitrogens is 2. The van der Waals surface area contributed by atoms with Crippen molar-refractivity contribution in [3.63, 3.8) is 0 Å². The van der Waals surface area contributed by atoms with Gasteiger partial charge in [-0.15, -0.1) is 0 Å². The first-order valence-electron chi connectivity index (χ1n) is 8.22. The summed E-state index contributed by atoms with van der Waals surface area (Å²) < 4.78 is 7.30. The van der Waals surface area contributed by atoms with E-state index in [-0.39, 0.29) is 6.42 Å². The molecule has 0 aliphatic carbocycles. The summed E-state index contributed by atoms with van der Waals surface area (Å²) in [6, 6.07) is 22.9. The van der Waals surface area contributed by atoms with Crippen LogP contribution in [0.2, 0.25) is 0 Å². The normalized spacial score (nSPS) is 10.8. The van der Waals surface area contributed by atoms with Crippen molar-refractivity contribution < 1.29 is 14.3 Å². The molecule has 0 fully saturated rings. The van der Waals surface area contributed by atoms with Gasteiger partial charge in [0.05, 0.1) is 24.1 Å². The minimum absolute atomic E-state index is 0.146. The zero-order valence-electron chi connectivity index (χ0n) is 13.9. The number of carboxylic acids is 1. The number of hydrogen-bond donors (Lipinski definition) is 1. The Labute approximate surface area is 150 Å². The van der Waals surface area contributed by atoms with E-state index < -0.39 is 5.97 Å². The second kappa shape index (κ2) is 6.72. The molecule has 0 saturated heterocycles. The largest absolute Gasteiger partial charge is 0.481 e. The van der Waals surface area contributed by atoms with Gasteiger partial charge in [-0.3, -0.25) is 4.79 Å². The second-order valence-electron chi connectivity index (χ2n) is 5.84. The van der Waals surface area contributed by atoms with Crippen molar-refractivity contribution >= 4 is 5.97 Å². The lowest BCUT2D eigenvalue weighted by molar-refractivity contribution is -0.136. The Kier molecular flexibility index (Phi) is 4.11. The van der Waals surface area contributed by atoms with Gasteiger partial charge in [0.1, 0.15) is 5.69 Å². The first-order chi connectivity index (χ1) is 12.7. The van der Waals surface area contributed by atoms with Crippen LogP contribution in [0.25, 0.3) is 28.4 Å². The lowest BCUT2D eigenvalue weighted by Gasteiger charge is -2.09. The highest BCUT2D eigenvalue weighted by Crippen LogP contribution is 2.34. The smallest absolute Gasteiger partial charge is 0.307 e. The van der Waals surface area contributed by atoms with Crippen LogP contribution in [0, 0.1) is 0 Å². The van der Waals surface area contributed by atoms with Gasteiger partial charge in [0.2, 0.25) is 0 Å². The van der Waals surface area contributed by atoms with E-state index in [1.165, 1.54) is 0 Å². The van der Waals surface area contributed by atoms with Crippen molar-refractivity contribution in [1.29, 1.82) is 0 Å². The maximum atomic E-state index is 11.6. The molecule has 2 aromatic heterocycles. The minimum atomic E-state index is -0.914. The lowest BCUT2D eigenvalue weighted by Crippen LogP contribution is -2.04. The molecule has 5 heteroatoms. The van der Waals surface area contributed by atoms with E-state index in [0.717, 1.165) is 16.9 Å². The number of nitrogens with zero attached hydrogens (tertiary/aromatic N) is 2. The van der Waals surface area contributed by atoms with Crippen molar-refractivity contribution in [2.24, 2.45) is 0 Å². The number of furan rings is 1. The van der Waals surface area contributed by atoms with Crippen LogP contribution in [0.3, 0.4) is 0 Å². The van der Waals surface area contributed by atoms with Crippen molar-refractivity contribution in [1.82, 2.24) is 9.78 Å². The van der Waals surface area contributed by atoms with E-state index in [2.05, 4.69) is 0 Å². The number of benzene rings is 2. The Balaban J connectivity index is 2.03. The fourth-order valence-electron chi connectivity index (χ4n) is 3.03. The molecule has 0 atom stereocenters. The van der Waals surface area contributed by atoms with Crippen LogP contribution in [0.4, 0.5) is 0 Å². The van der Waals surface area contributed by atoms with E-state index in [0.29, 0.717) is 17.0 Å². The highest BCUT2D eigenvalue weighted by Gasteiger charge is 2.24. The maximum Gasteiger partial charge on any atom is 0.307 e. The van der Waals surface area contributed by atoms with Crippen molar-refractivity contribution in [3.8, 4) is 28.4 Å². The predicted molar refractivity (Wildman–Crippen MR) is 98.0 cm³/mol. The highest BCUT2D eigenvalue weighted by molar-refractivity contribution is 5.81. The molecule has 4 rings (SSSR count). The molecule has 0 spiro atoms. The molecular weight excluding hydrogens is 328 g/mol. The standard InChI is InChI=1S/C21H16N2O3/c24-19(25)14-17-20(18-12-7-13-26-18)22-23(16-10-5-2-6-11-16)21(17)15-8-3-1-4-9-15/h1-13H,14H2,(H,24,25). The van der Waals surface area contributed by atoms with Gasteiger partial charge in [0.15, 0.2) is 5.76 Å². The molecule has 2 aromatic carbocycles. The average Bonchev–Trinajstić information content (AvgIpc) is 3.31. The van der Waals surface area contributed by atoms with E-state index >= 15 is 0 Å².